The predicted octanol–water partition coefficient (Wildman–Crippen LogP) is 4.96. The van der Waals surface area contributed by atoms with Crippen molar-refractivity contribution in [1.82, 2.24) is 10.6 Å². The van der Waals surface area contributed by atoms with E-state index >= 15 is 0 Å². The minimum atomic E-state index is -2.89. The molecule has 31 heavy (non-hydrogen) atoms. The summed E-state index contributed by atoms with van der Waals surface area (Å²) < 4.78 is 40.7. The van der Waals surface area contributed by atoms with Crippen LogP contribution in [0.2, 0.25) is 0 Å². The van der Waals surface area contributed by atoms with E-state index in [0.29, 0.717) is 24.9 Å². The van der Waals surface area contributed by atoms with E-state index in [1.807, 2.05) is 6.92 Å². The number of aliphatic imine (C=N–C) groups is 1. The molecular formula is C22H36F2IN3O3. The molecule has 9 heteroatoms. The van der Waals surface area contributed by atoms with Crippen LogP contribution in [0.4, 0.5) is 8.78 Å². The van der Waals surface area contributed by atoms with Gasteiger partial charge in [-0.2, -0.15) is 8.78 Å². The van der Waals surface area contributed by atoms with E-state index in [4.69, 9.17) is 9.47 Å². The lowest BCUT2D eigenvalue weighted by Gasteiger charge is -2.30. The van der Waals surface area contributed by atoms with Crippen LogP contribution in [0.5, 0.6) is 11.5 Å². The number of halogens is 3. The molecule has 1 aliphatic rings. The van der Waals surface area contributed by atoms with Gasteiger partial charge >= 0.3 is 6.61 Å². The zero-order chi connectivity index (χ0) is 21.8. The molecule has 1 aromatic carbocycles. The molecule has 1 aliphatic carbocycles. The second-order valence-corrected chi connectivity index (χ2v) is 7.53. The topological polar surface area (TPSA) is 64.1 Å². The molecule has 0 radical (unpaired) electrons. The van der Waals surface area contributed by atoms with Gasteiger partial charge in [-0.3, -0.25) is 4.99 Å². The van der Waals surface area contributed by atoms with Gasteiger partial charge in [0.05, 0.1) is 6.61 Å². The molecule has 2 N–H and O–H groups in total. The van der Waals surface area contributed by atoms with E-state index < -0.39 is 6.61 Å². The van der Waals surface area contributed by atoms with Crippen LogP contribution < -0.4 is 20.1 Å². The number of hydrogen-bond donors (Lipinski definition) is 2. The van der Waals surface area contributed by atoms with Crippen LogP contribution in [-0.2, 0) is 11.3 Å². The average molecular weight is 555 g/mol. The van der Waals surface area contributed by atoms with Gasteiger partial charge < -0.3 is 24.8 Å². The first-order chi connectivity index (χ1) is 14.5. The fraction of sp³-hybridized carbons (Fsp3) is 0.682. The summed E-state index contributed by atoms with van der Waals surface area (Å²) in [7, 11) is 1.74. The van der Waals surface area contributed by atoms with Crippen LogP contribution in [0.1, 0.15) is 51.5 Å². The van der Waals surface area contributed by atoms with Crippen LogP contribution in [0.25, 0.3) is 0 Å². The Bertz CT molecular complexity index is 671. The highest BCUT2D eigenvalue weighted by Crippen LogP contribution is 2.40. The fourth-order valence-corrected chi connectivity index (χ4v) is 3.87. The Labute approximate surface area is 201 Å². The third-order valence-electron chi connectivity index (χ3n) is 5.48. The minimum absolute atomic E-state index is 0. The second-order valence-electron chi connectivity index (χ2n) is 7.53. The van der Waals surface area contributed by atoms with Crippen molar-refractivity contribution in [1.29, 1.82) is 0 Å². The monoisotopic (exact) mass is 555 g/mol. The van der Waals surface area contributed by atoms with Gasteiger partial charge in [0.1, 0.15) is 0 Å². The van der Waals surface area contributed by atoms with E-state index in [0.717, 1.165) is 31.7 Å². The van der Waals surface area contributed by atoms with E-state index in [1.165, 1.54) is 31.7 Å². The predicted molar refractivity (Wildman–Crippen MR) is 130 cm³/mol. The maximum absolute atomic E-state index is 12.6. The van der Waals surface area contributed by atoms with Gasteiger partial charge in [0.15, 0.2) is 17.5 Å². The van der Waals surface area contributed by atoms with Crippen LogP contribution >= 0.6 is 24.0 Å². The summed E-state index contributed by atoms with van der Waals surface area (Å²) in [5, 5.41) is 6.74. The molecule has 0 unspecified atom stereocenters. The summed E-state index contributed by atoms with van der Waals surface area (Å²) in [6.07, 6.45) is 5.97. The van der Waals surface area contributed by atoms with Gasteiger partial charge in [-0.1, -0.05) is 18.9 Å². The van der Waals surface area contributed by atoms with Gasteiger partial charge in [-0.15, -0.1) is 24.0 Å². The van der Waals surface area contributed by atoms with Crippen LogP contribution in [0, 0.1) is 5.41 Å². The highest BCUT2D eigenvalue weighted by atomic mass is 127. The Morgan fingerprint density at radius 2 is 1.87 bits per heavy atom. The molecule has 0 aromatic heterocycles. The van der Waals surface area contributed by atoms with Gasteiger partial charge in [-0.05, 0) is 56.2 Å². The van der Waals surface area contributed by atoms with Gasteiger partial charge in [0, 0.05) is 33.4 Å². The number of rotatable bonds is 12. The Morgan fingerprint density at radius 3 is 2.48 bits per heavy atom. The maximum atomic E-state index is 12.6. The number of nitrogens with zero attached hydrogens (tertiary/aromatic N) is 1. The molecule has 0 aliphatic heterocycles. The molecule has 178 valence electrons. The lowest BCUT2D eigenvalue weighted by Crippen LogP contribution is -2.43. The van der Waals surface area contributed by atoms with Crippen molar-refractivity contribution in [2.45, 2.75) is 59.1 Å². The molecule has 0 saturated heterocycles. The Hall–Kier alpha value is -1.36. The van der Waals surface area contributed by atoms with Gasteiger partial charge in [-0.25, -0.2) is 0 Å². The van der Waals surface area contributed by atoms with Gasteiger partial charge in [0.25, 0.3) is 0 Å². The first-order valence-electron chi connectivity index (χ1n) is 10.7. The Morgan fingerprint density at radius 1 is 1.13 bits per heavy atom. The summed E-state index contributed by atoms with van der Waals surface area (Å²) >= 11 is 0. The van der Waals surface area contributed by atoms with Crippen molar-refractivity contribution in [3.8, 4) is 11.5 Å². The fourth-order valence-electron chi connectivity index (χ4n) is 3.87. The zero-order valence-electron chi connectivity index (χ0n) is 18.7. The second kappa shape index (κ2) is 14.7. The molecule has 1 aromatic rings. The van der Waals surface area contributed by atoms with Gasteiger partial charge in [0.2, 0.25) is 0 Å². The average Bonchev–Trinajstić information content (AvgIpc) is 3.19. The first-order valence-corrected chi connectivity index (χ1v) is 10.7. The number of guanidine groups is 1. The normalized spacial score (nSPS) is 15.5. The van der Waals surface area contributed by atoms with Crippen LogP contribution in [0.3, 0.4) is 0 Å². The molecule has 0 spiro atoms. The molecule has 1 fully saturated rings. The molecule has 0 amide bonds. The lowest BCUT2D eigenvalue weighted by molar-refractivity contribution is -0.0514. The van der Waals surface area contributed by atoms with Crippen molar-refractivity contribution >= 4 is 29.9 Å². The Kier molecular flexibility index (Phi) is 13.1. The van der Waals surface area contributed by atoms with E-state index in [9.17, 15) is 8.78 Å². The largest absolute Gasteiger partial charge is 0.490 e. The Balaban J connectivity index is 0.00000480. The van der Waals surface area contributed by atoms with E-state index in [-0.39, 0.29) is 35.1 Å². The first kappa shape index (κ1) is 27.7. The third kappa shape index (κ3) is 9.34. The number of benzene rings is 1. The number of alkyl halides is 2. The van der Waals surface area contributed by atoms with Crippen molar-refractivity contribution in [2.75, 3.05) is 33.4 Å². The number of hydrogen-bond acceptors (Lipinski definition) is 4. The quantitative estimate of drug-likeness (QED) is 0.165. The zero-order valence-corrected chi connectivity index (χ0v) is 21.0. The summed E-state index contributed by atoms with van der Waals surface area (Å²) in [6, 6.07) is 4.95. The highest BCUT2D eigenvalue weighted by Gasteiger charge is 2.33. The molecular weight excluding hydrogens is 519 g/mol. The van der Waals surface area contributed by atoms with Crippen LogP contribution in [-0.4, -0.2) is 46.0 Å². The third-order valence-corrected chi connectivity index (χ3v) is 5.48. The van der Waals surface area contributed by atoms with Crippen molar-refractivity contribution in [3.63, 3.8) is 0 Å². The van der Waals surface area contributed by atoms with Crippen molar-refractivity contribution < 1.29 is 23.0 Å². The van der Waals surface area contributed by atoms with E-state index in [2.05, 4.69) is 20.4 Å². The maximum Gasteiger partial charge on any atom is 0.387 e. The molecule has 2 rings (SSSR count). The van der Waals surface area contributed by atoms with Crippen molar-refractivity contribution in [3.05, 3.63) is 23.8 Å². The summed E-state index contributed by atoms with van der Waals surface area (Å²) in [6.45, 7) is 4.17. The van der Waals surface area contributed by atoms with Crippen molar-refractivity contribution in [2.24, 2.45) is 10.4 Å². The summed E-state index contributed by atoms with van der Waals surface area (Å²) in [5.41, 5.74) is 1.14. The van der Waals surface area contributed by atoms with E-state index in [1.54, 1.807) is 26.1 Å². The summed E-state index contributed by atoms with van der Waals surface area (Å²) in [5.74, 6) is 1.06. The minimum Gasteiger partial charge on any atom is -0.490 e. The standard InChI is InChI=1S/C22H35F2N3O3.HI/c1-4-28-13-12-22(10-6-7-11-22)16-27-21(25-3)26-15-17-8-9-18(30-20(23)24)19(14-17)29-5-2;/h8-9,14,20H,4-7,10-13,15-16H2,1-3H3,(H2,25,26,27);1H. The van der Waals surface area contributed by atoms with Crippen LogP contribution in [0.15, 0.2) is 23.2 Å². The highest BCUT2D eigenvalue weighted by molar-refractivity contribution is 14.0. The smallest absolute Gasteiger partial charge is 0.387 e. The summed E-state index contributed by atoms with van der Waals surface area (Å²) in [4.78, 5) is 4.32. The molecule has 0 bridgehead atoms. The number of nitrogens with one attached hydrogen (secondary N) is 2. The molecule has 1 saturated carbocycles. The molecule has 6 nitrogen and oxygen atoms in total. The molecule has 0 heterocycles. The molecule has 0 atom stereocenters. The number of ether oxygens (including phenoxy) is 3. The lowest BCUT2D eigenvalue weighted by atomic mass is 9.83. The SMILES string of the molecule is CCOCCC1(CNC(=NC)NCc2ccc(OC(F)F)c(OCC)c2)CCCC1.I.